The zero-order chi connectivity index (χ0) is 21.9. The van der Waals surface area contributed by atoms with Gasteiger partial charge in [-0.25, -0.2) is 4.39 Å². The summed E-state index contributed by atoms with van der Waals surface area (Å²) in [4.78, 5) is 0. The van der Waals surface area contributed by atoms with E-state index >= 15 is 0 Å². The van der Waals surface area contributed by atoms with Crippen molar-refractivity contribution in [1.82, 2.24) is 0 Å². The van der Waals surface area contributed by atoms with E-state index in [1.54, 1.807) is 6.07 Å². The predicted octanol–water partition coefficient (Wildman–Crippen LogP) is 7.40. The van der Waals surface area contributed by atoms with Crippen molar-refractivity contribution in [2.75, 3.05) is 13.2 Å². The van der Waals surface area contributed by atoms with Crippen LogP contribution in [0.2, 0.25) is 0 Å². The first kappa shape index (κ1) is 24.8. The lowest BCUT2D eigenvalue weighted by Gasteiger charge is -2.30. The summed E-state index contributed by atoms with van der Waals surface area (Å²) in [6.07, 6.45) is 18.0. The van der Waals surface area contributed by atoms with Gasteiger partial charge in [0, 0.05) is 24.6 Å². The number of unbranched alkanes of at least 4 members (excludes halogenated alkanes) is 6. The van der Waals surface area contributed by atoms with E-state index in [1.165, 1.54) is 83.5 Å². The lowest BCUT2D eigenvalue weighted by atomic mass is 9.73. The second kappa shape index (κ2) is 13.6. The van der Waals surface area contributed by atoms with Crippen LogP contribution < -0.4 is 5.46 Å². The second-order valence-corrected chi connectivity index (χ2v) is 10.1. The molecule has 1 heterocycles. The highest BCUT2D eigenvalue weighted by Crippen LogP contribution is 2.37. The van der Waals surface area contributed by atoms with Crippen LogP contribution in [0.5, 0.6) is 0 Å². The van der Waals surface area contributed by atoms with Crippen molar-refractivity contribution in [1.29, 1.82) is 0 Å². The molecule has 0 bridgehead atoms. The topological polar surface area (TPSA) is 18.5 Å². The monoisotopic (exact) mass is 430 g/mol. The smallest absolute Gasteiger partial charge is 0.407 e. The molecule has 2 nitrogen and oxygen atoms in total. The second-order valence-electron chi connectivity index (χ2n) is 10.1. The molecule has 31 heavy (non-hydrogen) atoms. The Bertz CT molecular complexity index is 622. The molecule has 1 aromatic carbocycles. The van der Waals surface area contributed by atoms with Crippen LogP contribution in [0.1, 0.15) is 115 Å². The van der Waals surface area contributed by atoms with Gasteiger partial charge in [-0.05, 0) is 55.6 Å². The Labute approximate surface area is 190 Å². The molecule has 0 radical (unpaired) electrons. The molecule has 0 aromatic heterocycles. The average Bonchev–Trinajstić information content (AvgIpc) is 2.80. The molecule has 1 saturated carbocycles. The van der Waals surface area contributed by atoms with Gasteiger partial charge in [-0.3, -0.25) is 0 Å². The van der Waals surface area contributed by atoms with Gasteiger partial charge in [0.15, 0.2) is 0 Å². The zero-order valence-electron chi connectivity index (χ0n) is 20.0. The summed E-state index contributed by atoms with van der Waals surface area (Å²) in [6.45, 7) is 5.88. The van der Waals surface area contributed by atoms with Crippen LogP contribution in [0.15, 0.2) is 18.2 Å². The molecule has 3 rings (SSSR count). The number of rotatable bonds is 12. The Morgan fingerprint density at radius 1 is 0.806 bits per heavy atom. The van der Waals surface area contributed by atoms with Crippen LogP contribution in [-0.4, -0.2) is 20.3 Å². The Balaban J connectivity index is 1.42. The van der Waals surface area contributed by atoms with Gasteiger partial charge in [0.1, 0.15) is 5.82 Å². The summed E-state index contributed by atoms with van der Waals surface area (Å²) < 4.78 is 26.8. The van der Waals surface area contributed by atoms with E-state index < -0.39 is 7.12 Å². The SMILES string of the molecule is CCCCCCCC1COB(c2ccc(C3CCC(CCCCC)CC3)cc2F)OC1. The van der Waals surface area contributed by atoms with Gasteiger partial charge in [0.05, 0.1) is 0 Å². The van der Waals surface area contributed by atoms with E-state index in [4.69, 9.17) is 9.31 Å². The molecule has 1 aliphatic carbocycles. The third-order valence-electron chi connectivity index (χ3n) is 7.50. The molecule has 0 N–H and O–H groups in total. The summed E-state index contributed by atoms with van der Waals surface area (Å²) in [5.74, 6) is 1.69. The van der Waals surface area contributed by atoms with Gasteiger partial charge < -0.3 is 9.31 Å². The summed E-state index contributed by atoms with van der Waals surface area (Å²) in [7, 11) is -0.542. The molecule has 2 aliphatic rings. The van der Waals surface area contributed by atoms with E-state index in [-0.39, 0.29) is 5.82 Å². The molecule has 0 spiro atoms. The fraction of sp³-hybridized carbons (Fsp3) is 0.778. The van der Waals surface area contributed by atoms with E-state index in [9.17, 15) is 4.39 Å². The number of benzene rings is 1. The van der Waals surface area contributed by atoms with E-state index in [0.717, 1.165) is 17.9 Å². The van der Waals surface area contributed by atoms with E-state index in [2.05, 4.69) is 19.9 Å². The first-order chi connectivity index (χ1) is 15.2. The van der Waals surface area contributed by atoms with Crippen molar-refractivity contribution >= 4 is 12.6 Å². The van der Waals surface area contributed by atoms with Crippen LogP contribution in [-0.2, 0) is 9.31 Å². The van der Waals surface area contributed by atoms with Crippen LogP contribution in [0.3, 0.4) is 0 Å². The van der Waals surface area contributed by atoms with Gasteiger partial charge in [-0.15, -0.1) is 0 Å². The predicted molar refractivity (Wildman–Crippen MR) is 129 cm³/mol. The number of hydrogen-bond acceptors (Lipinski definition) is 2. The molecule has 0 unspecified atom stereocenters. The summed E-state index contributed by atoms with van der Waals surface area (Å²) >= 11 is 0. The van der Waals surface area contributed by atoms with Gasteiger partial charge in [0.25, 0.3) is 0 Å². The van der Waals surface area contributed by atoms with Gasteiger partial charge >= 0.3 is 7.12 Å². The highest BCUT2D eigenvalue weighted by atomic mass is 19.1. The summed E-state index contributed by atoms with van der Waals surface area (Å²) in [5, 5.41) is 0. The molecule has 2 fully saturated rings. The minimum Gasteiger partial charge on any atom is -0.407 e. The highest BCUT2D eigenvalue weighted by molar-refractivity contribution is 6.61. The minimum absolute atomic E-state index is 0.161. The van der Waals surface area contributed by atoms with Crippen molar-refractivity contribution in [3.05, 3.63) is 29.6 Å². The molecule has 1 aliphatic heterocycles. The van der Waals surface area contributed by atoms with Crippen molar-refractivity contribution < 1.29 is 13.7 Å². The Kier molecular flexibility index (Phi) is 10.9. The quantitative estimate of drug-likeness (QED) is 0.254. The van der Waals surface area contributed by atoms with Gasteiger partial charge in [-0.2, -0.15) is 0 Å². The number of hydrogen-bond donors (Lipinski definition) is 0. The van der Waals surface area contributed by atoms with E-state index in [0.29, 0.717) is 30.5 Å². The van der Waals surface area contributed by atoms with Crippen molar-refractivity contribution in [3.63, 3.8) is 0 Å². The standard InChI is InChI=1S/C27H44BFO2/c1-3-5-7-8-10-12-23-20-30-28(31-21-23)26-18-17-25(19-27(26)29)24-15-13-22(14-16-24)11-9-6-4-2/h17-19,22-24H,3-16,20-21H2,1-2H3. The molecule has 4 heteroatoms. The summed E-state index contributed by atoms with van der Waals surface area (Å²) in [6, 6.07) is 5.78. The maximum absolute atomic E-state index is 14.9. The van der Waals surface area contributed by atoms with Gasteiger partial charge in [0.2, 0.25) is 0 Å². The average molecular weight is 430 g/mol. The van der Waals surface area contributed by atoms with Crippen molar-refractivity contribution in [2.24, 2.45) is 11.8 Å². The zero-order valence-corrected chi connectivity index (χ0v) is 20.0. The van der Waals surface area contributed by atoms with Crippen LogP contribution in [0.4, 0.5) is 4.39 Å². The normalized spacial score (nSPS) is 22.7. The largest absolute Gasteiger partial charge is 0.496 e. The summed E-state index contributed by atoms with van der Waals surface area (Å²) in [5.41, 5.74) is 1.73. The van der Waals surface area contributed by atoms with Crippen molar-refractivity contribution in [3.8, 4) is 0 Å². The fourth-order valence-electron chi connectivity index (χ4n) is 5.38. The fourth-order valence-corrected chi connectivity index (χ4v) is 5.38. The Hall–Kier alpha value is -0.865. The Morgan fingerprint density at radius 2 is 1.42 bits per heavy atom. The molecule has 0 atom stereocenters. The molecule has 0 amide bonds. The maximum Gasteiger partial charge on any atom is 0.496 e. The Morgan fingerprint density at radius 3 is 2.10 bits per heavy atom. The van der Waals surface area contributed by atoms with E-state index in [1.807, 2.05) is 6.07 Å². The van der Waals surface area contributed by atoms with Gasteiger partial charge in [-0.1, -0.05) is 83.8 Å². The molecular formula is C27H44BFO2. The maximum atomic E-state index is 14.9. The lowest BCUT2D eigenvalue weighted by molar-refractivity contribution is 0.0807. The lowest BCUT2D eigenvalue weighted by Crippen LogP contribution is -2.45. The highest BCUT2D eigenvalue weighted by Gasteiger charge is 2.32. The molecule has 1 saturated heterocycles. The van der Waals surface area contributed by atoms with Crippen molar-refractivity contribution in [2.45, 2.75) is 110 Å². The number of halogens is 1. The molecule has 174 valence electrons. The molecule has 1 aromatic rings. The van der Waals surface area contributed by atoms with Crippen LogP contribution in [0, 0.1) is 17.7 Å². The third kappa shape index (κ3) is 7.89. The first-order valence-electron chi connectivity index (χ1n) is 13.2. The minimum atomic E-state index is -0.542. The van der Waals surface area contributed by atoms with Crippen LogP contribution >= 0.6 is 0 Å². The molecular weight excluding hydrogens is 386 g/mol. The third-order valence-corrected chi connectivity index (χ3v) is 7.50. The first-order valence-corrected chi connectivity index (χ1v) is 13.2. The van der Waals surface area contributed by atoms with Crippen LogP contribution in [0.25, 0.3) is 0 Å².